The smallest absolute Gasteiger partial charge is 0.251 e. The fourth-order valence-electron chi connectivity index (χ4n) is 1.81. The van der Waals surface area contributed by atoms with E-state index in [1.807, 2.05) is 6.07 Å². The normalized spacial score (nSPS) is 19.2. The van der Waals surface area contributed by atoms with Crippen LogP contribution in [-0.2, 0) is 4.79 Å². The predicted octanol–water partition coefficient (Wildman–Crippen LogP) is 2.22. The van der Waals surface area contributed by atoms with E-state index >= 15 is 0 Å². The van der Waals surface area contributed by atoms with Gasteiger partial charge in [-0.25, -0.2) is 0 Å². The highest BCUT2D eigenvalue weighted by molar-refractivity contribution is 9.11. The minimum absolute atomic E-state index is 0.00737. The summed E-state index contributed by atoms with van der Waals surface area (Å²) in [5.74, 6) is -0.0798. The average Bonchev–Trinajstić information content (AvgIpc) is 2.31. The molecule has 18 heavy (non-hydrogen) atoms. The van der Waals surface area contributed by atoms with Crippen molar-refractivity contribution >= 4 is 43.7 Å². The molecule has 1 aromatic carbocycles. The van der Waals surface area contributed by atoms with Crippen molar-refractivity contribution in [2.45, 2.75) is 18.9 Å². The molecule has 0 aromatic heterocycles. The van der Waals surface area contributed by atoms with E-state index < -0.39 is 0 Å². The number of carbonyl (C=O) groups excluding carboxylic acids is 2. The molecule has 0 radical (unpaired) electrons. The van der Waals surface area contributed by atoms with Crippen molar-refractivity contribution < 1.29 is 9.59 Å². The van der Waals surface area contributed by atoms with Gasteiger partial charge in [0.15, 0.2) is 0 Å². The maximum atomic E-state index is 12.0. The number of halogens is 2. The highest BCUT2D eigenvalue weighted by atomic mass is 79.9. The molecule has 0 bridgehead atoms. The van der Waals surface area contributed by atoms with E-state index in [2.05, 4.69) is 42.5 Å². The van der Waals surface area contributed by atoms with Crippen LogP contribution in [0.1, 0.15) is 23.2 Å². The van der Waals surface area contributed by atoms with Gasteiger partial charge in [-0.05, 0) is 24.6 Å². The fourth-order valence-corrected chi connectivity index (χ4v) is 3.10. The zero-order valence-corrected chi connectivity index (χ0v) is 12.7. The second-order valence-electron chi connectivity index (χ2n) is 4.17. The van der Waals surface area contributed by atoms with Crippen LogP contribution >= 0.6 is 31.9 Å². The van der Waals surface area contributed by atoms with Crippen molar-refractivity contribution in [3.63, 3.8) is 0 Å². The Morgan fingerprint density at radius 3 is 2.50 bits per heavy atom. The van der Waals surface area contributed by atoms with Crippen LogP contribution in [0.4, 0.5) is 0 Å². The zero-order valence-electron chi connectivity index (χ0n) is 9.50. The summed E-state index contributed by atoms with van der Waals surface area (Å²) < 4.78 is 1.69. The number of nitrogens with one attached hydrogen (secondary N) is 2. The number of carbonyl (C=O) groups is 2. The first-order valence-corrected chi connectivity index (χ1v) is 7.17. The summed E-state index contributed by atoms with van der Waals surface area (Å²) in [6.45, 7) is 0.500. The summed E-state index contributed by atoms with van der Waals surface area (Å²) >= 11 is 6.69. The molecule has 96 valence electrons. The quantitative estimate of drug-likeness (QED) is 0.832. The van der Waals surface area contributed by atoms with Crippen molar-refractivity contribution in [3.05, 3.63) is 32.7 Å². The molecule has 2 N–H and O–H groups in total. The van der Waals surface area contributed by atoms with Crippen LogP contribution in [0.5, 0.6) is 0 Å². The maximum absolute atomic E-state index is 12.0. The topological polar surface area (TPSA) is 58.2 Å². The van der Waals surface area contributed by atoms with Gasteiger partial charge >= 0.3 is 0 Å². The Labute approximate surface area is 122 Å². The van der Waals surface area contributed by atoms with E-state index in [1.54, 1.807) is 12.1 Å². The van der Waals surface area contributed by atoms with Gasteiger partial charge in [-0.2, -0.15) is 0 Å². The van der Waals surface area contributed by atoms with Crippen LogP contribution in [0, 0.1) is 0 Å². The second kappa shape index (κ2) is 5.84. The molecule has 2 amide bonds. The second-order valence-corrected chi connectivity index (χ2v) is 6.00. The van der Waals surface area contributed by atoms with Crippen LogP contribution in [0.3, 0.4) is 0 Å². The Morgan fingerprint density at radius 1 is 1.28 bits per heavy atom. The summed E-state index contributed by atoms with van der Waals surface area (Å²) in [4.78, 5) is 23.1. The van der Waals surface area contributed by atoms with Crippen LogP contribution in [-0.4, -0.2) is 24.4 Å². The van der Waals surface area contributed by atoms with Crippen molar-refractivity contribution in [3.8, 4) is 0 Å². The lowest BCUT2D eigenvalue weighted by molar-refractivity contribution is -0.122. The first-order valence-electron chi connectivity index (χ1n) is 5.58. The van der Waals surface area contributed by atoms with Gasteiger partial charge in [0.1, 0.15) is 0 Å². The molecule has 1 aliphatic heterocycles. The first kappa shape index (κ1) is 13.5. The summed E-state index contributed by atoms with van der Waals surface area (Å²) in [5, 5.41) is 5.65. The molecule has 6 heteroatoms. The minimum atomic E-state index is -0.127. The molecule has 1 atom stereocenters. The molecular weight excluding hydrogens is 364 g/mol. The molecule has 1 unspecified atom stereocenters. The minimum Gasteiger partial charge on any atom is -0.354 e. The summed E-state index contributed by atoms with van der Waals surface area (Å²) in [6, 6.07) is 5.41. The van der Waals surface area contributed by atoms with Crippen LogP contribution in [0.15, 0.2) is 27.1 Å². The third-order valence-electron chi connectivity index (χ3n) is 2.73. The van der Waals surface area contributed by atoms with Gasteiger partial charge in [-0.3, -0.25) is 9.59 Å². The van der Waals surface area contributed by atoms with E-state index in [0.29, 0.717) is 24.9 Å². The molecule has 0 spiro atoms. The average molecular weight is 376 g/mol. The number of hydrogen-bond donors (Lipinski definition) is 2. The number of amides is 2. The summed E-state index contributed by atoms with van der Waals surface area (Å²) in [7, 11) is 0. The number of piperidine rings is 1. The lowest BCUT2D eigenvalue weighted by atomic mass is 10.1. The highest BCUT2D eigenvalue weighted by Crippen LogP contribution is 2.20. The van der Waals surface area contributed by atoms with E-state index in [9.17, 15) is 9.59 Å². The van der Waals surface area contributed by atoms with Crippen molar-refractivity contribution in [2.75, 3.05) is 6.54 Å². The predicted molar refractivity (Wildman–Crippen MR) is 75.3 cm³/mol. The maximum Gasteiger partial charge on any atom is 0.251 e. The van der Waals surface area contributed by atoms with Gasteiger partial charge in [0.25, 0.3) is 5.91 Å². The van der Waals surface area contributed by atoms with E-state index in [-0.39, 0.29) is 17.9 Å². The Hall–Kier alpha value is -0.880. The van der Waals surface area contributed by atoms with Crippen LogP contribution in [0.2, 0.25) is 0 Å². The molecule has 1 aliphatic rings. The van der Waals surface area contributed by atoms with Gasteiger partial charge in [-0.15, -0.1) is 0 Å². The third kappa shape index (κ3) is 3.55. The molecule has 0 aliphatic carbocycles. The number of hydrogen-bond acceptors (Lipinski definition) is 2. The summed E-state index contributed by atoms with van der Waals surface area (Å²) in [6.07, 6.45) is 1.15. The zero-order chi connectivity index (χ0) is 13.1. The van der Waals surface area contributed by atoms with Crippen molar-refractivity contribution in [1.29, 1.82) is 0 Å². The Kier molecular flexibility index (Phi) is 4.40. The first-order chi connectivity index (χ1) is 8.54. The summed E-state index contributed by atoms with van der Waals surface area (Å²) in [5.41, 5.74) is 0.591. The SMILES string of the molecule is O=C1CCC(NC(=O)c2cc(Br)cc(Br)c2)CN1. The fraction of sp³-hybridized carbons (Fsp3) is 0.333. The largest absolute Gasteiger partial charge is 0.354 e. The van der Waals surface area contributed by atoms with Crippen LogP contribution < -0.4 is 10.6 Å². The standard InChI is InChI=1S/C12H12Br2N2O2/c13-8-3-7(4-9(14)5-8)12(18)16-10-1-2-11(17)15-6-10/h3-5,10H,1-2,6H2,(H,15,17)(H,16,18). The van der Waals surface area contributed by atoms with E-state index in [0.717, 1.165) is 8.95 Å². The van der Waals surface area contributed by atoms with Crippen molar-refractivity contribution in [2.24, 2.45) is 0 Å². The molecule has 1 aromatic rings. The molecule has 2 rings (SSSR count). The Balaban J connectivity index is 2.01. The lowest BCUT2D eigenvalue weighted by Gasteiger charge is -2.23. The molecule has 4 nitrogen and oxygen atoms in total. The van der Waals surface area contributed by atoms with Crippen molar-refractivity contribution in [1.82, 2.24) is 10.6 Å². The van der Waals surface area contributed by atoms with Crippen LogP contribution in [0.25, 0.3) is 0 Å². The number of benzene rings is 1. The lowest BCUT2D eigenvalue weighted by Crippen LogP contribution is -2.47. The third-order valence-corrected chi connectivity index (χ3v) is 3.64. The van der Waals surface area contributed by atoms with Gasteiger partial charge in [-0.1, -0.05) is 31.9 Å². The Morgan fingerprint density at radius 2 is 1.94 bits per heavy atom. The Bertz CT molecular complexity index is 461. The monoisotopic (exact) mass is 374 g/mol. The van der Waals surface area contributed by atoms with Gasteiger partial charge in [0.2, 0.25) is 5.91 Å². The molecule has 1 fully saturated rings. The van der Waals surface area contributed by atoms with E-state index in [4.69, 9.17) is 0 Å². The van der Waals surface area contributed by atoms with E-state index in [1.165, 1.54) is 0 Å². The van der Waals surface area contributed by atoms with Gasteiger partial charge in [0.05, 0.1) is 0 Å². The number of rotatable bonds is 2. The molecule has 0 saturated carbocycles. The molecule has 1 heterocycles. The highest BCUT2D eigenvalue weighted by Gasteiger charge is 2.20. The van der Waals surface area contributed by atoms with Gasteiger partial charge in [0, 0.05) is 33.5 Å². The molecule has 1 saturated heterocycles. The van der Waals surface area contributed by atoms with Gasteiger partial charge < -0.3 is 10.6 Å². The molecular formula is C12H12Br2N2O2.